The Morgan fingerprint density at radius 2 is 1.95 bits per heavy atom. The van der Waals surface area contributed by atoms with Gasteiger partial charge in [-0.2, -0.15) is 0 Å². The number of thiazole rings is 1. The zero-order valence-electron chi connectivity index (χ0n) is 20.8. The summed E-state index contributed by atoms with van der Waals surface area (Å²) in [5.74, 6) is 0.870. The molecule has 0 aliphatic carbocycles. The molecule has 7 nitrogen and oxygen atoms in total. The molecular weight excluding hydrogens is 578 g/mol. The van der Waals surface area contributed by atoms with E-state index < -0.39 is 12.0 Å². The number of hydrogen-bond acceptors (Lipinski definition) is 7. The van der Waals surface area contributed by atoms with Crippen molar-refractivity contribution >= 4 is 56.8 Å². The Balaban J connectivity index is 1.62. The molecule has 10 heteroatoms. The Morgan fingerprint density at radius 3 is 2.62 bits per heavy atom. The predicted octanol–water partition coefficient (Wildman–Crippen LogP) is 5.19. The Labute approximate surface area is 231 Å². The zero-order valence-corrected chi connectivity index (χ0v) is 24.0. The number of aromatic nitrogens is 1. The average Bonchev–Trinajstić information content (AvgIpc) is 3.37. The molecule has 0 saturated carbocycles. The molecule has 0 amide bonds. The van der Waals surface area contributed by atoms with Crippen LogP contribution in [0.5, 0.6) is 0 Å². The van der Waals surface area contributed by atoms with Crippen molar-refractivity contribution in [2.24, 2.45) is 4.99 Å². The number of hydrogen-bond donors (Lipinski definition) is 0. The van der Waals surface area contributed by atoms with Crippen molar-refractivity contribution in [3.05, 3.63) is 82.1 Å². The van der Waals surface area contributed by atoms with Gasteiger partial charge in [0.1, 0.15) is 5.76 Å². The van der Waals surface area contributed by atoms with Gasteiger partial charge in [-0.15, -0.1) is 0 Å². The third-order valence-electron chi connectivity index (χ3n) is 6.37. The van der Waals surface area contributed by atoms with Crippen LogP contribution in [0, 0.1) is 0 Å². The van der Waals surface area contributed by atoms with E-state index in [-0.39, 0.29) is 11.7 Å². The molecule has 3 aromatic rings. The van der Waals surface area contributed by atoms with E-state index in [1.807, 2.05) is 18.2 Å². The van der Waals surface area contributed by atoms with Crippen LogP contribution in [0.4, 0.5) is 5.88 Å². The number of ether oxygens (including phenoxy) is 1. The number of furan rings is 1. The van der Waals surface area contributed by atoms with Crippen LogP contribution in [0.25, 0.3) is 6.08 Å². The van der Waals surface area contributed by atoms with Gasteiger partial charge in [-0.05, 0) is 73.7 Å². The van der Waals surface area contributed by atoms with Crippen LogP contribution in [0.2, 0.25) is 5.02 Å². The number of halogens is 2. The van der Waals surface area contributed by atoms with E-state index in [0.29, 0.717) is 31.4 Å². The molecule has 4 heterocycles. The molecule has 5 rings (SSSR count). The third kappa shape index (κ3) is 5.22. The molecule has 0 bridgehead atoms. The van der Waals surface area contributed by atoms with Gasteiger partial charge < -0.3 is 14.1 Å². The van der Waals surface area contributed by atoms with Gasteiger partial charge in [-0.3, -0.25) is 9.36 Å². The van der Waals surface area contributed by atoms with E-state index in [1.165, 1.54) is 17.8 Å². The summed E-state index contributed by atoms with van der Waals surface area (Å²) >= 11 is 11.0. The minimum atomic E-state index is -0.686. The van der Waals surface area contributed by atoms with Gasteiger partial charge in [0.25, 0.3) is 5.56 Å². The van der Waals surface area contributed by atoms with Crippen LogP contribution in [-0.2, 0) is 9.53 Å². The molecule has 2 aliphatic rings. The number of esters is 1. The van der Waals surface area contributed by atoms with E-state index >= 15 is 0 Å². The van der Waals surface area contributed by atoms with Gasteiger partial charge in [0.2, 0.25) is 5.88 Å². The number of nitrogens with zero attached hydrogens (tertiary/aromatic N) is 3. The fourth-order valence-electron chi connectivity index (χ4n) is 4.71. The fraction of sp³-hybridized carbons (Fsp3) is 0.370. The van der Waals surface area contributed by atoms with Crippen LogP contribution in [-0.4, -0.2) is 29.7 Å². The van der Waals surface area contributed by atoms with E-state index in [4.69, 9.17) is 20.8 Å². The highest BCUT2D eigenvalue weighted by Gasteiger charge is 2.33. The van der Waals surface area contributed by atoms with E-state index in [9.17, 15) is 9.59 Å². The second kappa shape index (κ2) is 10.6. The van der Waals surface area contributed by atoms with Crippen molar-refractivity contribution in [3.8, 4) is 0 Å². The van der Waals surface area contributed by atoms with E-state index in [1.54, 1.807) is 43.5 Å². The van der Waals surface area contributed by atoms with Gasteiger partial charge in [-0.25, -0.2) is 9.79 Å². The summed E-state index contributed by atoms with van der Waals surface area (Å²) in [6, 6.07) is 8.33. The molecule has 1 aromatic carbocycles. The summed E-state index contributed by atoms with van der Waals surface area (Å²) in [5, 5.41) is 0.566. The highest BCUT2D eigenvalue weighted by molar-refractivity contribution is 9.10. The molecule has 2 aliphatic heterocycles. The van der Waals surface area contributed by atoms with Crippen LogP contribution >= 0.6 is 38.9 Å². The standard InChI is InChI=1S/C27H27BrClN3O4S/c1-15(2)35-26(34)22-16(3)30-27-32(23(22)17-7-9-18(29)10-8-17)24(33)21(37-27)14-19-13-20(28)25(36-19)31-11-5-4-6-12-31/h7-10,13-15,23H,4-6,11-12H2,1-3H3/b21-14+/t23-/m0/s1. The molecule has 2 aromatic heterocycles. The molecule has 1 atom stereocenters. The normalized spacial score (nSPS) is 18.3. The number of fused-ring (bicyclic) bond motifs is 1. The lowest BCUT2D eigenvalue weighted by molar-refractivity contribution is -0.143. The SMILES string of the molecule is CC1=C(C(=O)OC(C)C)[C@H](c2ccc(Cl)cc2)n2c(s/c(=C/c3cc(Br)c(N4CCCCC4)o3)c2=O)=N1. The van der Waals surface area contributed by atoms with E-state index in [0.717, 1.165) is 41.9 Å². The van der Waals surface area contributed by atoms with Crippen molar-refractivity contribution < 1.29 is 13.9 Å². The van der Waals surface area contributed by atoms with Crippen LogP contribution in [0.3, 0.4) is 0 Å². The number of benzene rings is 1. The maximum atomic E-state index is 13.8. The number of carbonyl (C=O) groups excluding carboxylic acids is 1. The molecule has 37 heavy (non-hydrogen) atoms. The lowest BCUT2D eigenvalue weighted by Gasteiger charge is -2.26. The lowest BCUT2D eigenvalue weighted by Crippen LogP contribution is -2.40. The number of carbonyl (C=O) groups is 1. The monoisotopic (exact) mass is 603 g/mol. The van der Waals surface area contributed by atoms with Crippen molar-refractivity contribution in [2.75, 3.05) is 18.0 Å². The number of rotatable bonds is 5. The maximum Gasteiger partial charge on any atom is 0.338 e. The average molecular weight is 605 g/mol. The molecule has 0 spiro atoms. The number of piperidine rings is 1. The van der Waals surface area contributed by atoms with Crippen LogP contribution in [0.1, 0.15) is 57.4 Å². The van der Waals surface area contributed by atoms with Gasteiger partial charge in [-0.1, -0.05) is 35.1 Å². The second-order valence-corrected chi connectivity index (χ2v) is 11.7. The molecule has 0 radical (unpaired) electrons. The first-order valence-electron chi connectivity index (χ1n) is 12.3. The largest absolute Gasteiger partial charge is 0.459 e. The highest BCUT2D eigenvalue weighted by atomic mass is 79.9. The summed E-state index contributed by atoms with van der Waals surface area (Å²) in [6.45, 7) is 7.25. The van der Waals surface area contributed by atoms with Gasteiger partial charge in [0, 0.05) is 30.3 Å². The quantitative estimate of drug-likeness (QED) is 0.375. The van der Waals surface area contributed by atoms with E-state index in [2.05, 4.69) is 25.8 Å². The first-order valence-corrected chi connectivity index (χ1v) is 14.2. The minimum Gasteiger partial charge on any atom is -0.459 e. The third-order valence-corrected chi connectivity index (χ3v) is 8.18. The Morgan fingerprint density at radius 1 is 1.24 bits per heavy atom. The number of anilines is 1. The number of allylic oxidation sites excluding steroid dienone is 1. The first kappa shape index (κ1) is 26.0. The second-order valence-electron chi connectivity index (χ2n) is 9.44. The fourth-order valence-corrected chi connectivity index (χ4v) is 6.42. The summed E-state index contributed by atoms with van der Waals surface area (Å²) in [4.78, 5) is 34.3. The predicted molar refractivity (Wildman–Crippen MR) is 149 cm³/mol. The molecule has 0 unspecified atom stereocenters. The van der Waals surface area contributed by atoms with Crippen LogP contribution < -0.4 is 19.8 Å². The Bertz CT molecular complexity index is 1550. The summed E-state index contributed by atoms with van der Waals surface area (Å²) < 4.78 is 14.6. The highest BCUT2D eigenvalue weighted by Crippen LogP contribution is 2.33. The Hall–Kier alpha value is -2.62. The van der Waals surface area contributed by atoms with Crippen molar-refractivity contribution in [1.82, 2.24) is 4.57 Å². The summed E-state index contributed by atoms with van der Waals surface area (Å²) in [7, 11) is 0. The van der Waals surface area contributed by atoms with Crippen molar-refractivity contribution in [1.29, 1.82) is 0 Å². The minimum absolute atomic E-state index is 0.252. The first-order chi connectivity index (χ1) is 17.7. The summed E-state index contributed by atoms with van der Waals surface area (Å²) in [5.41, 5.74) is 1.35. The molecule has 194 valence electrons. The van der Waals surface area contributed by atoms with Gasteiger partial charge in [0.15, 0.2) is 4.80 Å². The van der Waals surface area contributed by atoms with Crippen molar-refractivity contribution in [3.63, 3.8) is 0 Å². The molecule has 1 saturated heterocycles. The van der Waals surface area contributed by atoms with Crippen molar-refractivity contribution in [2.45, 2.75) is 52.2 Å². The topological polar surface area (TPSA) is 77.0 Å². The van der Waals surface area contributed by atoms with Gasteiger partial charge in [0.05, 0.1) is 32.4 Å². The molecule has 0 N–H and O–H groups in total. The zero-order chi connectivity index (χ0) is 26.3. The Kier molecular flexibility index (Phi) is 7.47. The molecule has 1 fully saturated rings. The molecular formula is C27H27BrClN3O4S. The maximum absolute atomic E-state index is 13.8. The van der Waals surface area contributed by atoms with Crippen LogP contribution in [0.15, 0.2) is 60.3 Å². The lowest BCUT2D eigenvalue weighted by atomic mass is 9.96. The summed E-state index contributed by atoms with van der Waals surface area (Å²) in [6.07, 6.45) is 4.92. The smallest absolute Gasteiger partial charge is 0.338 e. The van der Waals surface area contributed by atoms with Gasteiger partial charge >= 0.3 is 5.97 Å².